The van der Waals surface area contributed by atoms with Crippen LogP contribution < -0.4 is 5.32 Å². The summed E-state index contributed by atoms with van der Waals surface area (Å²) in [5.41, 5.74) is 3.19. The van der Waals surface area contributed by atoms with Gasteiger partial charge in [-0.25, -0.2) is 0 Å². The number of nitrogens with one attached hydrogen (secondary N) is 1. The van der Waals surface area contributed by atoms with Gasteiger partial charge in [0.1, 0.15) is 0 Å². The SMILES string of the molecule is CCN1C(=S)N[C@H](c2ccccn2)[C@H]1c1cccn1-c1cccnc1. The third kappa shape index (κ3) is 2.78. The average Bonchev–Trinajstić information content (AvgIpc) is 3.27. The van der Waals surface area contributed by atoms with E-state index in [0.717, 1.165) is 28.7 Å². The van der Waals surface area contributed by atoms with Crippen LogP contribution in [0.2, 0.25) is 0 Å². The van der Waals surface area contributed by atoms with Gasteiger partial charge in [0.05, 0.1) is 29.7 Å². The normalized spacial score (nSPS) is 19.9. The molecule has 1 aliphatic heterocycles. The summed E-state index contributed by atoms with van der Waals surface area (Å²) in [6.45, 7) is 2.96. The van der Waals surface area contributed by atoms with E-state index in [1.807, 2.05) is 36.7 Å². The van der Waals surface area contributed by atoms with Gasteiger partial charge in [-0.15, -0.1) is 0 Å². The molecule has 5 nitrogen and oxygen atoms in total. The van der Waals surface area contributed by atoms with Gasteiger partial charge in [-0.2, -0.15) is 0 Å². The largest absolute Gasteiger partial charge is 0.352 e. The van der Waals surface area contributed by atoms with Crippen LogP contribution in [-0.4, -0.2) is 31.1 Å². The van der Waals surface area contributed by atoms with Crippen LogP contribution in [0, 0.1) is 0 Å². The van der Waals surface area contributed by atoms with Crippen molar-refractivity contribution in [3.8, 4) is 5.69 Å². The highest BCUT2D eigenvalue weighted by Gasteiger charge is 2.40. The summed E-state index contributed by atoms with van der Waals surface area (Å²) in [6, 6.07) is 14.3. The van der Waals surface area contributed by atoms with Crippen molar-refractivity contribution in [2.45, 2.75) is 19.0 Å². The summed E-state index contributed by atoms with van der Waals surface area (Å²) in [4.78, 5) is 11.0. The van der Waals surface area contributed by atoms with Crippen LogP contribution in [0.5, 0.6) is 0 Å². The van der Waals surface area contributed by atoms with Crippen molar-refractivity contribution in [2.24, 2.45) is 0 Å². The molecular formula is C19H19N5S. The lowest BCUT2D eigenvalue weighted by molar-refractivity contribution is 0.321. The molecule has 1 N–H and O–H groups in total. The molecule has 0 radical (unpaired) electrons. The Morgan fingerprint density at radius 2 is 2.04 bits per heavy atom. The topological polar surface area (TPSA) is 46.0 Å². The van der Waals surface area contributed by atoms with Gasteiger partial charge in [0.2, 0.25) is 0 Å². The molecule has 0 aliphatic carbocycles. The molecule has 0 spiro atoms. The summed E-state index contributed by atoms with van der Waals surface area (Å²) in [7, 11) is 0. The molecule has 25 heavy (non-hydrogen) atoms. The molecule has 0 aromatic carbocycles. The van der Waals surface area contributed by atoms with Crippen LogP contribution in [0.4, 0.5) is 0 Å². The Kier molecular flexibility index (Phi) is 4.19. The van der Waals surface area contributed by atoms with Crippen molar-refractivity contribution in [3.63, 3.8) is 0 Å². The summed E-state index contributed by atoms with van der Waals surface area (Å²) in [6.07, 6.45) is 7.55. The van der Waals surface area contributed by atoms with Crippen LogP contribution >= 0.6 is 12.2 Å². The first-order chi connectivity index (χ1) is 12.3. The van der Waals surface area contributed by atoms with Crippen LogP contribution in [0.15, 0.2) is 67.3 Å². The van der Waals surface area contributed by atoms with E-state index in [1.165, 1.54) is 0 Å². The Labute approximate surface area is 152 Å². The number of aromatic nitrogens is 3. The van der Waals surface area contributed by atoms with E-state index in [2.05, 4.69) is 56.1 Å². The lowest BCUT2D eigenvalue weighted by Gasteiger charge is -2.27. The smallest absolute Gasteiger partial charge is 0.170 e. The van der Waals surface area contributed by atoms with E-state index in [9.17, 15) is 0 Å². The maximum Gasteiger partial charge on any atom is 0.170 e. The minimum Gasteiger partial charge on any atom is -0.352 e. The average molecular weight is 349 g/mol. The Hall–Kier alpha value is -2.73. The zero-order valence-electron chi connectivity index (χ0n) is 13.9. The maximum absolute atomic E-state index is 5.59. The fourth-order valence-electron chi connectivity index (χ4n) is 3.43. The van der Waals surface area contributed by atoms with E-state index in [1.54, 1.807) is 6.20 Å². The van der Waals surface area contributed by atoms with Crippen molar-refractivity contribution in [3.05, 3.63) is 78.6 Å². The lowest BCUT2D eigenvalue weighted by Crippen LogP contribution is -2.30. The van der Waals surface area contributed by atoms with Gasteiger partial charge in [0.25, 0.3) is 0 Å². The van der Waals surface area contributed by atoms with Crippen molar-refractivity contribution < 1.29 is 0 Å². The molecule has 4 rings (SSSR count). The van der Waals surface area contributed by atoms with E-state index >= 15 is 0 Å². The van der Waals surface area contributed by atoms with Crippen molar-refractivity contribution in [1.29, 1.82) is 0 Å². The first kappa shape index (κ1) is 15.8. The molecule has 3 aromatic heterocycles. The summed E-state index contributed by atoms with van der Waals surface area (Å²) in [5, 5.41) is 4.22. The Morgan fingerprint density at radius 3 is 2.76 bits per heavy atom. The van der Waals surface area contributed by atoms with Crippen LogP contribution in [0.3, 0.4) is 0 Å². The van der Waals surface area contributed by atoms with Crippen LogP contribution in [-0.2, 0) is 0 Å². The van der Waals surface area contributed by atoms with Gasteiger partial charge in [0.15, 0.2) is 5.11 Å². The van der Waals surface area contributed by atoms with E-state index in [-0.39, 0.29) is 12.1 Å². The van der Waals surface area contributed by atoms with E-state index < -0.39 is 0 Å². The van der Waals surface area contributed by atoms with Crippen molar-refractivity contribution in [1.82, 2.24) is 24.8 Å². The third-order valence-electron chi connectivity index (χ3n) is 4.55. The number of rotatable bonds is 4. The third-order valence-corrected chi connectivity index (χ3v) is 4.90. The minimum absolute atomic E-state index is 0.0129. The van der Waals surface area contributed by atoms with Gasteiger partial charge in [-0.1, -0.05) is 6.07 Å². The predicted octanol–water partition coefficient (Wildman–Crippen LogP) is 3.26. The predicted molar refractivity (Wildman–Crippen MR) is 101 cm³/mol. The zero-order chi connectivity index (χ0) is 17.2. The Bertz CT molecular complexity index is 862. The second-order valence-electron chi connectivity index (χ2n) is 5.93. The fourth-order valence-corrected chi connectivity index (χ4v) is 3.80. The first-order valence-corrected chi connectivity index (χ1v) is 8.76. The molecular weight excluding hydrogens is 330 g/mol. The molecule has 6 heteroatoms. The fraction of sp³-hybridized carbons (Fsp3) is 0.211. The zero-order valence-corrected chi connectivity index (χ0v) is 14.7. The lowest BCUT2D eigenvalue weighted by atomic mass is 10.0. The molecule has 3 aromatic rings. The van der Waals surface area contributed by atoms with Gasteiger partial charge < -0.3 is 14.8 Å². The second kappa shape index (κ2) is 6.64. The van der Waals surface area contributed by atoms with Crippen LogP contribution in [0.25, 0.3) is 5.69 Å². The Balaban J connectivity index is 1.81. The van der Waals surface area contributed by atoms with Crippen molar-refractivity contribution >= 4 is 17.3 Å². The number of pyridine rings is 2. The second-order valence-corrected chi connectivity index (χ2v) is 6.31. The van der Waals surface area contributed by atoms with E-state index in [0.29, 0.717) is 0 Å². The molecule has 2 atom stereocenters. The monoisotopic (exact) mass is 349 g/mol. The molecule has 0 bridgehead atoms. The van der Waals surface area contributed by atoms with Crippen molar-refractivity contribution in [2.75, 3.05) is 6.54 Å². The Morgan fingerprint density at radius 1 is 1.12 bits per heavy atom. The molecule has 1 aliphatic rings. The van der Waals surface area contributed by atoms with Gasteiger partial charge in [0, 0.05) is 30.8 Å². The highest BCUT2D eigenvalue weighted by atomic mass is 32.1. The molecule has 126 valence electrons. The molecule has 0 amide bonds. The number of thiocarbonyl (C=S) groups is 1. The minimum atomic E-state index is 0.0129. The van der Waals surface area contributed by atoms with Crippen LogP contribution in [0.1, 0.15) is 30.4 Å². The van der Waals surface area contributed by atoms with Gasteiger partial charge >= 0.3 is 0 Å². The maximum atomic E-state index is 5.59. The number of likely N-dealkylation sites (N-methyl/N-ethyl adjacent to an activating group) is 1. The number of hydrogen-bond acceptors (Lipinski definition) is 3. The summed E-state index contributed by atoms with van der Waals surface area (Å²) in [5.74, 6) is 0. The number of hydrogen-bond donors (Lipinski definition) is 1. The van der Waals surface area contributed by atoms with Gasteiger partial charge in [-0.3, -0.25) is 9.97 Å². The molecule has 0 unspecified atom stereocenters. The molecule has 0 saturated carbocycles. The molecule has 4 heterocycles. The highest BCUT2D eigenvalue weighted by molar-refractivity contribution is 7.80. The first-order valence-electron chi connectivity index (χ1n) is 8.35. The molecule has 1 saturated heterocycles. The highest BCUT2D eigenvalue weighted by Crippen LogP contribution is 2.39. The quantitative estimate of drug-likeness (QED) is 0.733. The summed E-state index contributed by atoms with van der Waals surface area (Å²) >= 11 is 5.59. The standard InChI is InChI=1S/C19H19N5S/c1-2-23-18(17(22-19(23)25)15-8-3-4-11-21-15)16-9-6-12-24(16)14-7-5-10-20-13-14/h3-13,17-18H,2H2,1H3,(H,22,25)/t17-,18-/m1/s1. The summed E-state index contributed by atoms with van der Waals surface area (Å²) < 4.78 is 2.17. The van der Waals surface area contributed by atoms with E-state index in [4.69, 9.17) is 12.2 Å². The van der Waals surface area contributed by atoms with Gasteiger partial charge in [-0.05, 0) is 55.5 Å². The molecule has 1 fully saturated rings. The number of nitrogens with zero attached hydrogens (tertiary/aromatic N) is 4.